The normalized spacial score (nSPS) is 11.6. The molecule has 0 spiro atoms. The fourth-order valence-electron chi connectivity index (χ4n) is 2.72. The van der Waals surface area contributed by atoms with Crippen molar-refractivity contribution in [1.82, 2.24) is 5.32 Å². The molecule has 136 valence electrons. The number of sulfonamides is 1. The SMILES string of the molecule is CCc1ccc2occ(CC(=O)NCc3ccc(S(N)(=O)=O)cc3)c2c1. The largest absolute Gasteiger partial charge is 0.464 e. The van der Waals surface area contributed by atoms with E-state index < -0.39 is 10.0 Å². The molecule has 3 N–H and O–H groups in total. The Labute approximate surface area is 152 Å². The van der Waals surface area contributed by atoms with E-state index in [1.807, 2.05) is 18.2 Å². The summed E-state index contributed by atoms with van der Waals surface area (Å²) in [6.07, 6.45) is 2.75. The summed E-state index contributed by atoms with van der Waals surface area (Å²) in [5.74, 6) is -0.134. The molecule has 1 aromatic heterocycles. The number of nitrogens with one attached hydrogen (secondary N) is 1. The zero-order valence-corrected chi connectivity index (χ0v) is 15.2. The summed E-state index contributed by atoms with van der Waals surface area (Å²) < 4.78 is 28.0. The van der Waals surface area contributed by atoms with Gasteiger partial charge in [0.2, 0.25) is 15.9 Å². The van der Waals surface area contributed by atoms with E-state index in [9.17, 15) is 13.2 Å². The van der Waals surface area contributed by atoms with Gasteiger partial charge in [0.15, 0.2) is 0 Å². The van der Waals surface area contributed by atoms with Crippen molar-refractivity contribution < 1.29 is 17.6 Å². The smallest absolute Gasteiger partial charge is 0.238 e. The van der Waals surface area contributed by atoms with Crippen LogP contribution >= 0.6 is 0 Å². The summed E-state index contributed by atoms with van der Waals surface area (Å²) in [5, 5.41) is 8.85. The first-order valence-corrected chi connectivity index (χ1v) is 9.79. The number of rotatable bonds is 6. The fraction of sp³-hybridized carbons (Fsp3) is 0.211. The Morgan fingerprint density at radius 2 is 1.81 bits per heavy atom. The number of furan rings is 1. The molecule has 2 aromatic carbocycles. The number of aryl methyl sites for hydroxylation is 1. The molecule has 0 atom stereocenters. The van der Waals surface area contributed by atoms with E-state index >= 15 is 0 Å². The third-order valence-electron chi connectivity index (χ3n) is 4.22. The molecule has 1 heterocycles. The average Bonchev–Trinajstić information content (AvgIpc) is 3.01. The molecule has 0 fully saturated rings. The van der Waals surface area contributed by atoms with Crippen LogP contribution in [-0.4, -0.2) is 14.3 Å². The van der Waals surface area contributed by atoms with E-state index in [2.05, 4.69) is 12.2 Å². The summed E-state index contributed by atoms with van der Waals surface area (Å²) in [5.41, 5.74) is 3.59. The van der Waals surface area contributed by atoms with Crippen molar-refractivity contribution in [3.8, 4) is 0 Å². The topological polar surface area (TPSA) is 102 Å². The highest BCUT2D eigenvalue weighted by atomic mass is 32.2. The van der Waals surface area contributed by atoms with Crippen LogP contribution < -0.4 is 10.5 Å². The summed E-state index contributed by atoms with van der Waals surface area (Å²) in [7, 11) is -3.71. The number of amides is 1. The Bertz CT molecular complexity index is 1040. The number of benzene rings is 2. The van der Waals surface area contributed by atoms with Gasteiger partial charge in [0.25, 0.3) is 0 Å². The maximum Gasteiger partial charge on any atom is 0.238 e. The van der Waals surface area contributed by atoms with Crippen molar-refractivity contribution in [3.63, 3.8) is 0 Å². The van der Waals surface area contributed by atoms with Crippen molar-refractivity contribution in [1.29, 1.82) is 0 Å². The number of carbonyl (C=O) groups is 1. The Balaban J connectivity index is 1.64. The first-order valence-electron chi connectivity index (χ1n) is 8.24. The van der Waals surface area contributed by atoms with Crippen LogP contribution in [0.25, 0.3) is 11.0 Å². The molecule has 3 aromatic rings. The standard InChI is InChI=1S/C19H20N2O4S/c1-2-13-5-8-18-17(9-13)15(12-25-18)10-19(22)21-11-14-3-6-16(7-4-14)26(20,23)24/h3-9,12H,2,10-11H2,1H3,(H,21,22)(H2,20,23,24). The van der Waals surface area contributed by atoms with Gasteiger partial charge in [0.05, 0.1) is 17.6 Å². The van der Waals surface area contributed by atoms with Gasteiger partial charge < -0.3 is 9.73 Å². The van der Waals surface area contributed by atoms with E-state index in [-0.39, 0.29) is 17.2 Å². The van der Waals surface area contributed by atoms with Gasteiger partial charge in [-0.15, -0.1) is 0 Å². The second-order valence-corrected chi connectivity index (χ2v) is 7.65. The lowest BCUT2D eigenvalue weighted by Crippen LogP contribution is -2.24. The molecule has 6 nitrogen and oxygen atoms in total. The lowest BCUT2D eigenvalue weighted by atomic mass is 10.1. The molecular weight excluding hydrogens is 352 g/mol. The summed E-state index contributed by atoms with van der Waals surface area (Å²) >= 11 is 0. The van der Waals surface area contributed by atoms with Crippen LogP contribution in [0.2, 0.25) is 0 Å². The van der Waals surface area contributed by atoms with E-state index in [4.69, 9.17) is 9.56 Å². The van der Waals surface area contributed by atoms with Crippen molar-refractivity contribution in [2.24, 2.45) is 5.14 Å². The molecule has 3 rings (SSSR count). The molecule has 1 amide bonds. The van der Waals surface area contributed by atoms with Crippen LogP contribution in [0.15, 0.2) is 58.0 Å². The first-order chi connectivity index (χ1) is 12.4. The van der Waals surface area contributed by atoms with Gasteiger partial charge in [-0.05, 0) is 41.8 Å². The van der Waals surface area contributed by atoms with Crippen LogP contribution in [-0.2, 0) is 34.2 Å². The molecule has 0 bridgehead atoms. The third-order valence-corrected chi connectivity index (χ3v) is 5.15. The van der Waals surface area contributed by atoms with Crippen LogP contribution in [0, 0.1) is 0 Å². The second kappa shape index (κ2) is 7.31. The van der Waals surface area contributed by atoms with E-state index in [0.717, 1.165) is 28.5 Å². The fourth-order valence-corrected chi connectivity index (χ4v) is 3.23. The highest BCUT2D eigenvalue weighted by Gasteiger charge is 2.11. The van der Waals surface area contributed by atoms with Crippen LogP contribution in [0.4, 0.5) is 0 Å². The predicted molar refractivity (Wildman–Crippen MR) is 99.0 cm³/mol. The van der Waals surface area contributed by atoms with Crippen molar-refractivity contribution in [3.05, 3.63) is 65.4 Å². The maximum absolute atomic E-state index is 12.2. The molecule has 0 aliphatic rings. The Morgan fingerprint density at radius 1 is 1.12 bits per heavy atom. The van der Waals surface area contributed by atoms with Gasteiger partial charge in [-0.1, -0.05) is 25.1 Å². The minimum atomic E-state index is -3.71. The molecule has 0 aliphatic heterocycles. The minimum absolute atomic E-state index is 0.0455. The zero-order valence-electron chi connectivity index (χ0n) is 14.4. The average molecular weight is 372 g/mol. The van der Waals surface area contributed by atoms with Gasteiger partial charge >= 0.3 is 0 Å². The predicted octanol–water partition coefficient (Wildman–Crippen LogP) is 2.50. The first kappa shape index (κ1) is 18.2. The van der Waals surface area contributed by atoms with Crippen LogP contribution in [0.3, 0.4) is 0 Å². The van der Waals surface area contributed by atoms with Crippen LogP contribution in [0.1, 0.15) is 23.6 Å². The van der Waals surface area contributed by atoms with Crippen LogP contribution in [0.5, 0.6) is 0 Å². The minimum Gasteiger partial charge on any atom is -0.464 e. The summed E-state index contributed by atoms with van der Waals surface area (Å²) in [4.78, 5) is 12.3. The van der Waals surface area contributed by atoms with Gasteiger partial charge in [-0.3, -0.25) is 4.79 Å². The number of hydrogen-bond acceptors (Lipinski definition) is 4. The lowest BCUT2D eigenvalue weighted by Gasteiger charge is -2.06. The van der Waals surface area contributed by atoms with Gasteiger partial charge in [0, 0.05) is 17.5 Å². The van der Waals surface area contributed by atoms with Gasteiger partial charge in [0.1, 0.15) is 5.58 Å². The highest BCUT2D eigenvalue weighted by molar-refractivity contribution is 7.89. The lowest BCUT2D eigenvalue weighted by molar-refractivity contribution is -0.120. The van der Waals surface area contributed by atoms with E-state index in [0.29, 0.717) is 6.54 Å². The Hall–Kier alpha value is -2.64. The van der Waals surface area contributed by atoms with E-state index in [1.54, 1.807) is 18.4 Å². The summed E-state index contributed by atoms with van der Waals surface area (Å²) in [6.45, 7) is 2.38. The Kier molecular flexibility index (Phi) is 5.11. The molecule has 0 saturated heterocycles. The monoisotopic (exact) mass is 372 g/mol. The number of primary sulfonamides is 1. The van der Waals surface area contributed by atoms with Gasteiger partial charge in [-0.2, -0.15) is 0 Å². The quantitative estimate of drug-likeness (QED) is 0.694. The van der Waals surface area contributed by atoms with Crippen molar-refractivity contribution in [2.45, 2.75) is 31.2 Å². The number of hydrogen-bond donors (Lipinski definition) is 2. The molecular formula is C19H20N2O4S. The molecule has 0 unspecified atom stereocenters. The number of nitrogens with two attached hydrogens (primary N) is 1. The molecule has 0 saturated carbocycles. The molecule has 0 radical (unpaired) electrons. The van der Waals surface area contributed by atoms with Crippen molar-refractivity contribution >= 4 is 26.9 Å². The van der Waals surface area contributed by atoms with Crippen molar-refractivity contribution in [2.75, 3.05) is 0 Å². The summed E-state index contributed by atoms with van der Waals surface area (Å²) in [6, 6.07) is 12.1. The maximum atomic E-state index is 12.2. The third kappa shape index (κ3) is 4.12. The number of carbonyl (C=O) groups excluding carboxylic acids is 1. The van der Waals surface area contributed by atoms with Gasteiger partial charge in [-0.25, -0.2) is 13.6 Å². The number of fused-ring (bicyclic) bond motifs is 1. The molecule has 0 aliphatic carbocycles. The highest BCUT2D eigenvalue weighted by Crippen LogP contribution is 2.23. The van der Waals surface area contributed by atoms with E-state index in [1.165, 1.54) is 17.7 Å². The molecule has 26 heavy (non-hydrogen) atoms. The Morgan fingerprint density at radius 3 is 2.46 bits per heavy atom. The second-order valence-electron chi connectivity index (χ2n) is 6.09. The molecule has 7 heteroatoms. The zero-order chi connectivity index (χ0) is 18.7.